The van der Waals surface area contributed by atoms with E-state index >= 15 is 0 Å². The van der Waals surface area contributed by atoms with Gasteiger partial charge in [-0.05, 0) is 90.9 Å². The first-order valence-electron chi connectivity index (χ1n) is 15.3. The number of rotatable bonds is 1. The molecule has 4 saturated carbocycles. The summed E-state index contributed by atoms with van der Waals surface area (Å²) in [4.78, 5) is 46.3. The maximum absolute atomic E-state index is 14.6. The number of carbonyl (C=O) groups excluding carboxylic acids is 3. The number of hydrogen-bond donors (Lipinski definition) is 0. The molecular weight excluding hydrogens is 498 g/mol. The van der Waals surface area contributed by atoms with E-state index in [-0.39, 0.29) is 56.9 Å². The molecule has 5 aliphatic carbocycles. The first kappa shape index (κ1) is 27.6. The van der Waals surface area contributed by atoms with Gasteiger partial charge in [0.15, 0.2) is 11.6 Å². The van der Waals surface area contributed by atoms with Crippen LogP contribution in [0.5, 0.6) is 0 Å². The molecule has 4 fully saturated rings. The van der Waals surface area contributed by atoms with E-state index in [4.69, 9.17) is 0 Å². The van der Waals surface area contributed by atoms with Gasteiger partial charge in [-0.2, -0.15) is 5.26 Å². The van der Waals surface area contributed by atoms with Crippen LogP contribution >= 0.6 is 0 Å². The Morgan fingerprint density at radius 1 is 1.00 bits per heavy atom. The number of hydrogen-bond acceptors (Lipinski definition) is 5. The summed E-state index contributed by atoms with van der Waals surface area (Å²) in [5.41, 5.74) is -0.867. The lowest BCUT2D eigenvalue weighted by atomic mass is 9.33. The molecule has 6 nitrogen and oxygen atoms in total. The van der Waals surface area contributed by atoms with Gasteiger partial charge in [-0.25, -0.2) is 4.98 Å². The van der Waals surface area contributed by atoms with E-state index in [1.807, 2.05) is 19.9 Å². The minimum atomic E-state index is -0.647. The Labute approximate surface area is 239 Å². The summed E-state index contributed by atoms with van der Waals surface area (Å²) in [6.07, 6.45) is 13.5. The highest BCUT2D eigenvalue weighted by Gasteiger charge is 2.71. The zero-order valence-corrected chi connectivity index (χ0v) is 25.3. The molecule has 1 aromatic rings. The van der Waals surface area contributed by atoms with Gasteiger partial charge in [-0.15, -0.1) is 0 Å². The number of fused-ring (bicyclic) bond motifs is 7. The van der Waals surface area contributed by atoms with Crippen LogP contribution in [0.2, 0.25) is 0 Å². The molecule has 1 aromatic heterocycles. The molecule has 5 aliphatic rings. The monoisotopic (exact) mass is 543 g/mol. The summed E-state index contributed by atoms with van der Waals surface area (Å²) in [6.45, 7) is 15.5. The molecule has 0 saturated heterocycles. The number of ketones is 2. The molecule has 0 spiro atoms. The van der Waals surface area contributed by atoms with Crippen LogP contribution in [0.3, 0.4) is 0 Å². The Bertz CT molecular complexity index is 1360. The van der Waals surface area contributed by atoms with Gasteiger partial charge in [-0.3, -0.25) is 19.0 Å². The lowest BCUT2D eigenvalue weighted by molar-refractivity contribution is -0.171. The van der Waals surface area contributed by atoms with Crippen molar-refractivity contribution in [1.82, 2.24) is 9.55 Å². The van der Waals surface area contributed by atoms with Gasteiger partial charge in [0.05, 0.1) is 11.5 Å². The van der Waals surface area contributed by atoms with Crippen LogP contribution in [0, 0.1) is 67.5 Å². The van der Waals surface area contributed by atoms with Crippen molar-refractivity contribution < 1.29 is 14.4 Å². The summed E-state index contributed by atoms with van der Waals surface area (Å²) in [7, 11) is 0. The topological polar surface area (TPSA) is 92.8 Å². The van der Waals surface area contributed by atoms with E-state index in [0.29, 0.717) is 6.42 Å². The summed E-state index contributed by atoms with van der Waals surface area (Å²) < 4.78 is 1.65. The molecule has 8 atom stereocenters. The SMILES string of the molecule is CC1(C)CC[C@]2(C(=O)n3ccnc3)CC[C@]3(C)[C@H](C(=O)C=C4[C@@]5(C)CC(C#N)C(=O)C(C)(C)[C@@H]5CC[C@]43C)[C@@H]2C1. The van der Waals surface area contributed by atoms with Crippen LogP contribution < -0.4 is 0 Å². The maximum atomic E-state index is 14.6. The van der Waals surface area contributed by atoms with Crippen molar-refractivity contribution in [3.8, 4) is 6.07 Å². The number of Topliss-reactive ketones (excluding diaryl/α,β-unsaturated/α-hetero) is 1. The van der Waals surface area contributed by atoms with E-state index in [2.05, 4.69) is 45.7 Å². The fourth-order valence-corrected chi connectivity index (χ4v) is 11.1. The van der Waals surface area contributed by atoms with E-state index in [1.54, 1.807) is 23.3 Å². The van der Waals surface area contributed by atoms with E-state index in [9.17, 15) is 19.6 Å². The summed E-state index contributed by atoms with van der Waals surface area (Å²) in [6, 6.07) is 2.32. The van der Waals surface area contributed by atoms with Gasteiger partial charge in [0.2, 0.25) is 5.91 Å². The van der Waals surface area contributed by atoms with Crippen molar-refractivity contribution in [3.05, 3.63) is 30.4 Å². The van der Waals surface area contributed by atoms with Crippen LogP contribution in [-0.2, 0) is 9.59 Å². The number of nitriles is 1. The second-order valence-electron chi connectivity index (χ2n) is 16.1. The summed E-state index contributed by atoms with van der Waals surface area (Å²) >= 11 is 0. The highest BCUT2D eigenvalue weighted by atomic mass is 16.2. The highest BCUT2D eigenvalue weighted by Crippen LogP contribution is 2.75. The molecule has 1 heterocycles. The van der Waals surface area contributed by atoms with Gasteiger partial charge >= 0.3 is 0 Å². The zero-order valence-electron chi connectivity index (χ0n) is 25.3. The van der Waals surface area contributed by atoms with E-state index < -0.39 is 16.7 Å². The van der Waals surface area contributed by atoms with Crippen LogP contribution in [0.1, 0.15) is 105 Å². The van der Waals surface area contributed by atoms with Crippen LogP contribution in [0.15, 0.2) is 30.4 Å². The highest BCUT2D eigenvalue weighted by molar-refractivity contribution is 5.97. The number of aromatic nitrogens is 2. The Hall–Kier alpha value is -2.55. The van der Waals surface area contributed by atoms with Gasteiger partial charge in [0.1, 0.15) is 12.2 Å². The van der Waals surface area contributed by atoms with Crippen molar-refractivity contribution in [2.24, 2.45) is 56.2 Å². The van der Waals surface area contributed by atoms with Crippen molar-refractivity contribution in [3.63, 3.8) is 0 Å². The van der Waals surface area contributed by atoms with Gasteiger partial charge < -0.3 is 0 Å². The van der Waals surface area contributed by atoms with Crippen molar-refractivity contribution in [2.75, 3.05) is 0 Å². The van der Waals surface area contributed by atoms with E-state index in [1.165, 1.54) is 5.57 Å². The molecular formula is C34H45N3O3. The Morgan fingerprint density at radius 2 is 1.70 bits per heavy atom. The fraction of sp³-hybridized carbons (Fsp3) is 0.735. The predicted molar refractivity (Wildman–Crippen MR) is 152 cm³/mol. The molecule has 6 heteroatoms. The second kappa shape index (κ2) is 8.26. The fourth-order valence-electron chi connectivity index (χ4n) is 11.1. The number of carbonyl (C=O) groups is 3. The number of allylic oxidation sites excluding steroid dienone is 2. The summed E-state index contributed by atoms with van der Waals surface area (Å²) in [5, 5.41) is 9.99. The zero-order chi connectivity index (χ0) is 29.1. The quantitative estimate of drug-likeness (QED) is 0.387. The third-order valence-corrected chi connectivity index (χ3v) is 13.4. The number of nitrogens with zero attached hydrogens (tertiary/aromatic N) is 3. The summed E-state index contributed by atoms with van der Waals surface area (Å²) in [5.74, 6) is -0.501. The lowest BCUT2D eigenvalue weighted by Crippen LogP contribution is -2.66. The molecule has 0 bridgehead atoms. The minimum Gasteiger partial charge on any atom is -0.298 e. The maximum Gasteiger partial charge on any atom is 0.238 e. The largest absolute Gasteiger partial charge is 0.298 e. The lowest BCUT2D eigenvalue weighted by Gasteiger charge is -2.69. The number of imidazole rings is 1. The molecule has 40 heavy (non-hydrogen) atoms. The normalized spacial score (nSPS) is 45.2. The van der Waals surface area contributed by atoms with Crippen LogP contribution in [0.4, 0.5) is 0 Å². The first-order valence-corrected chi connectivity index (χ1v) is 15.3. The average Bonchev–Trinajstić information content (AvgIpc) is 3.42. The molecule has 0 radical (unpaired) electrons. The first-order chi connectivity index (χ1) is 18.6. The van der Waals surface area contributed by atoms with Crippen molar-refractivity contribution in [2.45, 2.75) is 99.8 Å². The average molecular weight is 544 g/mol. The standard InChI is InChI=1S/C34H45N3O3/c1-29(2)10-12-34(28(40)37-15-14-36-20-37)13-11-33(7)26(22(34)18-29)23(38)16-25-31(5)17-21(19-35)27(39)30(3,4)24(31)8-9-32(25,33)6/h14-16,20-22,24,26H,8-13,17-18H2,1-7H3/t21?,22-,24-,26-,31-,32+,33+,34-/m0/s1. The predicted octanol–water partition coefficient (Wildman–Crippen LogP) is 6.82. The molecule has 0 aliphatic heterocycles. The smallest absolute Gasteiger partial charge is 0.238 e. The van der Waals surface area contributed by atoms with Crippen molar-refractivity contribution in [1.29, 1.82) is 5.26 Å². The van der Waals surface area contributed by atoms with E-state index in [0.717, 1.165) is 44.9 Å². The second-order valence-corrected chi connectivity index (χ2v) is 16.1. The molecule has 0 N–H and O–H groups in total. The Kier molecular flexibility index (Phi) is 5.70. The van der Waals surface area contributed by atoms with Gasteiger partial charge in [-0.1, -0.05) is 54.0 Å². The molecule has 1 unspecified atom stereocenters. The van der Waals surface area contributed by atoms with Crippen molar-refractivity contribution >= 4 is 17.5 Å². The molecule has 0 amide bonds. The van der Waals surface area contributed by atoms with Gasteiger partial charge in [0.25, 0.3) is 0 Å². The Morgan fingerprint density at radius 3 is 2.35 bits per heavy atom. The van der Waals surface area contributed by atoms with Crippen LogP contribution in [-0.4, -0.2) is 27.0 Å². The molecule has 6 rings (SSSR count). The third kappa shape index (κ3) is 3.27. The van der Waals surface area contributed by atoms with Crippen LogP contribution in [0.25, 0.3) is 0 Å². The molecule has 214 valence electrons. The minimum absolute atomic E-state index is 0.0335. The molecule has 0 aromatic carbocycles. The Balaban J connectivity index is 1.50. The van der Waals surface area contributed by atoms with Gasteiger partial charge in [0, 0.05) is 23.7 Å². The third-order valence-electron chi connectivity index (χ3n) is 13.4.